The van der Waals surface area contributed by atoms with Crippen LogP contribution in [0.5, 0.6) is 5.75 Å². The molecule has 7 heteroatoms. The van der Waals surface area contributed by atoms with Crippen molar-refractivity contribution in [2.45, 2.75) is 0 Å². The average molecular weight is 262 g/mol. The molecular formula is C12H10N2O5. The summed E-state index contributed by atoms with van der Waals surface area (Å²) in [6.45, 7) is 0. The number of carbonyl (C=O) groups is 1. The highest BCUT2D eigenvalue weighted by atomic mass is 16.6. The van der Waals surface area contributed by atoms with Crippen molar-refractivity contribution < 1.29 is 18.9 Å². The first-order chi connectivity index (χ1) is 9.02. The lowest BCUT2D eigenvalue weighted by atomic mass is 10.1. The van der Waals surface area contributed by atoms with Gasteiger partial charge in [-0.1, -0.05) is 12.1 Å². The van der Waals surface area contributed by atoms with Gasteiger partial charge in [0.2, 0.25) is 5.76 Å². The van der Waals surface area contributed by atoms with E-state index in [0.717, 1.165) is 0 Å². The van der Waals surface area contributed by atoms with Crippen molar-refractivity contribution >= 4 is 11.8 Å². The van der Waals surface area contributed by atoms with Gasteiger partial charge in [-0.3, -0.25) is 14.9 Å². The van der Waals surface area contributed by atoms with E-state index in [9.17, 15) is 14.9 Å². The van der Waals surface area contributed by atoms with E-state index in [1.54, 1.807) is 24.3 Å². The lowest BCUT2D eigenvalue weighted by molar-refractivity contribution is -0.402. The lowest BCUT2D eigenvalue weighted by Gasteiger charge is -2.01. The average Bonchev–Trinajstić information content (AvgIpc) is 2.84. The van der Waals surface area contributed by atoms with Crippen molar-refractivity contribution in [1.82, 2.24) is 0 Å². The number of carbonyl (C=O) groups excluding carboxylic acids is 1. The fourth-order valence-electron chi connectivity index (χ4n) is 1.64. The topological polar surface area (TPSA) is 109 Å². The summed E-state index contributed by atoms with van der Waals surface area (Å²) in [7, 11) is 1.52. The van der Waals surface area contributed by atoms with Gasteiger partial charge in [-0.05, 0) is 17.7 Å². The Kier molecular flexibility index (Phi) is 3.19. The molecule has 0 radical (unpaired) electrons. The molecule has 2 aromatic rings. The Morgan fingerprint density at radius 3 is 2.47 bits per heavy atom. The van der Waals surface area contributed by atoms with Gasteiger partial charge in [-0.25, -0.2) is 0 Å². The second-order valence-electron chi connectivity index (χ2n) is 3.68. The smallest absolute Gasteiger partial charge is 0.434 e. The molecule has 1 amide bonds. The Bertz CT molecular complexity index is 630. The lowest BCUT2D eigenvalue weighted by Crippen LogP contribution is -2.10. The number of nitro groups is 1. The van der Waals surface area contributed by atoms with Gasteiger partial charge in [-0.15, -0.1) is 0 Å². The zero-order valence-electron chi connectivity index (χ0n) is 9.95. The number of hydrogen-bond donors (Lipinski definition) is 1. The predicted octanol–water partition coefficient (Wildman–Crippen LogP) is 1.96. The third kappa shape index (κ3) is 2.39. The summed E-state index contributed by atoms with van der Waals surface area (Å²) in [6, 6.07) is 7.81. The second kappa shape index (κ2) is 4.81. The van der Waals surface area contributed by atoms with Crippen molar-refractivity contribution in [1.29, 1.82) is 0 Å². The van der Waals surface area contributed by atoms with E-state index in [-0.39, 0.29) is 11.3 Å². The molecule has 98 valence electrons. The molecule has 0 atom stereocenters. The zero-order valence-corrected chi connectivity index (χ0v) is 9.95. The van der Waals surface area contributed by atoms with E-state index < -0.39 is 16.7 Å². The first kappa shape index (κ1) is 12.6. The molecule has 2 N–H and O–H groups in total. The number of ether oxygens (including phenoxy) is 1. The Morgan fingerprint density at radius 1 is 1.37 bits per heavy atom. The zero-order chi connectivity index (χ0) is 14.0. The molecule has 1 aromatic carbocycles. The molecule has 1 aromatic heterocycles. The molecule has 0 unspecified atom stereocenters. The SMILES string of the molecule is COc1ccc(-c2cc([N+](=O)[O-])oc2C(N)=O)cc1. The van der Waals surface area contributed by atoms with E-state index in [1.807, 2.05) is 0 Å². The number of rotatable bonds is 4. The first-order valence-corrected chi connectivity index (χ1v) is 5.25. The van der Waals surface area contributed by atoms with Gasteiger partial charge in [-0.2, -0.15) is 0 Å². The van der Waals surface area contributed by atoms with Gasteiger partial charge in [0.15, 0.2) is 0 Å². The molecule has 2 rings (SSSR count). The number of amides is 1. The van der Waals surface area contributed by atoms with Crippen molar-refractivity contribution in [3.8, 4) is 16.9 Å². The van der Waals surface area contributed by atoms with Crippen molar-refractivity contribution in [3.63, 3.8) is 0 Å². The van der Waals surface area contributed by atoms with Crippen LogP contribution in [0.4, 0.5) is 5.88 Å². The number of nitrogens with two attached hydrogens (primary N) is 1. The van der Waals surface area contributed by atoms with Gasteiger partial charge < -0.3 is 14.9 Å². The van der Waals surface area contributed by atoms with Gasteiger partial charge >= 0.3 is 5.88 Å². The Labute approximate surface area is 107 Å². The highest BCUT2D eigenvalue weighted by molar-refractivity contribution is 5.97. The van der Waals surface area contributed by atoms with Crippen LogP contribution in [0.2, 0.25) is 0 Å². The van der Waals surface area contributed by atoms with Crippen LogP contribution in [0.15, 0.2) is 34.7 Å². The summed E-state index contributed by atoms with van der Waals surface area (Å²) >= 11 is 0. The van der Waals surface area contributed by atoms with Crippen LogP contribution in [0.25, 0.3) is 11.1 Å². The van der Waals surface area contributed by atoms with Crippen LogP contribution < -0.4 is 10.5 Å². The third-order valence-electron chi connectivity index (χ3n) is 2.52. The van der Waals surface area contributed by atoms with Crippen LogP contribution in [-0.4, -0.2) is 17.9 Å². The van der Waals surface area contributed by atoms with Gasteiger partial charge in [0.1, 0.15) is 10.7 Å². The standard InChI is InChI=1S/C12H10N2O5/c1-18-8-4-2-7(3-5-8)9-6-10(14(16)17)19-11(9)12(13)15/h2-6H,1H3,(H2,13,15). The monoisotopic (exact) mass is 262 g/mol. The van der Waals surface area contributed by atoms with E-state index in [0.29, 0.717) is 11.3 Å². The van der Waals surface area contributed by atoms with Gasteiger partial charge in [0, 0.05) is 5.56 Å². The highest BCUT2D eigenvalue weighted by Crippen LogP contribution is 2.31. The normalized spacial score (nSPS) is 10.2. The second-order valence-corrected chi connectivity index (χ2v) is 3.68. The highest BCUT2D eigenvalue weighted by Gasteiger charge is 2.23. The van der Waals surface area contributed by atoms with Crippen LogP contribution in [0.3, 0.4) is 0 Å². The summed E-state index contributed by atoms with van der Waals surface area (Å²) in [5.74, 6) is -1.00. The molecule has 0 fully saturated rings. The summed E-state index contributed by atoms with van der Waals surface area (Å²) in [5, 5.41) is 10.7. The third-order valence-corrected chi connectivity index (χ3v) is 2.52. The minimum absolute atomic E-state index is 0.239. The number of hydrogen-bond acceptors (Lipinski definition) is 5. The van der Waals surface area contributed by atoms with Crippen LogP contribution in [-0.2, 0) is 0 Å². The summed E-state index contributed by atoms with van der Waals surface area (Å²) in [5.41, 5.74) is 6.00. The van der Waals surface area contributed by atoms with Crippen molar-refractivity contribution in [2.75, 3.05) is 7.11 Å². The van der Waals surface area contributed by atoms with Gasteiger partial charge in [0.25, 0.3) is 5.91 Å². The maximum Gasteiger partial charge on any atom is 0.434 e. The Hall–Kier alpha value is -2.83. The quantitative estimate of drug-likeness (QED) is 0.669. The molecule has 0 saturated carbocycles. The predicted molar refractivity (Wildman–Crippen MR) is 65.9 cm³/mol. The molecule has 19 heavy (non-hydrogen) atoms. The number of primary amides is 1. The Balaban J connectivity index is 2.52. The molecule has 0 aliphatic rings. The number of furan rings is 1. The van der Waals surface area contributed by atoms with Crippen molar-refractivity contribution in [3.05, 3.63) is 46.2 Å². The van der Waals surface area contributed by atoms with E-state index in [4.69, 9.17) is 14.9 Å². The molecule has 7 nitrogen and oxygen atoms in total. The largest absolute Gasteiger partial charge is 0.497 e. The van der Waals surface area contributed by atoms with E-state index in [2.05, 4.69) is 0 Å². The summed E-state index contributed by atoms with van der Waals surface area (Å²) < 4.78 is 9.85. The van der Waals surface area contributed by atoms with Crippen LogP contribution >= 0.6 is 0 Å². The Morgan fingerprint density at radius 2 is 2.00 bits per heavy atom. The van der Waals surface area contributed by atoms with Crippen molar-refractivity contribution in [2.24, 2.45) is 5.73 Å². The van der Waals surface area contributed by atoms with E-state index in [1.165, 1.54) is 13.2 Å². The maximum atomic E-state index is 11.2. The van der Waals surface area contributed by atoms with Crippen LogP contribution in [0.1, 0.15) is 10.6 Å². The fraction of sp³-hybridized carbons (Fsp3) is 0.0833. The maximum absolute atomic E-state index is 11.2. The number of nitrogens with zero attached hydrogens (tertiary/aromatic N) is 1. The van der Waals surface area contributed by atoms with Crippen LogP contribution in [0, 0.1) is 10.1 Å². The molecule has 0 bridgehead atoms. The first-order valence-electron chi connectivity index (χ1n) is 5.25. The molecule has 0 spiro atoms. The number of methoxy groups -OCH3 is 1. The summed E-state index contributed by atoms with van der Waals surface area (Å²) in [6.07, 6.45) is 0. The number of benzene rings is 1. The molecule has 0 aliphatic carbocycles. The summed E-state index contributed by atoms with van der Waals surface area (Å²) in [4.78, 5) is 21.2. The fourth-order valence-corrected chi connectivity index (χ4v) is 1.64. The minimum atomic E-state index is -0.862. The molecule has 0 saturated heterocycles. The van der Waals surface area contributed by atoms with E-state index >= 15 is 0 Å². The molecule has 1 heterocycles. The van der Waals surface area contributed by atoms with Gasteiger partial charge in [0.05, 0.1) is 13.2 Å². The molecular weight excluding hydrogens is 252 g/mol. The molecule has 0 aliphatic heterocycles. The minimum Gasteiger partial charge on any atom is -0.497 e.